The van der Waals surface area contributed by atoms with Crippen LogP contribution in [0.2, 0.25) is 0 Å². The van der Waals surface area contributed by atoms with E-state index in [1.165, 1.54) is 0 Å². The SMILES string of the molecule is CC1(F)OC(CF)(CF)OC1(C)F. The molecule has 0 aromatic rings. The fourth-order valence-corrected chi connectivity index (χ4v) is 1.05. The van der Waals surface area contributed by atoms with Gasteiger partial charge in [-0.25, -0.2) is 17.6 Å². The Bertz CT molecular complexity index is 183. The largest absolute Gasteiger partial charge is 0.303 e. The molecule has 1 aliphatic rings. The van der Waals surface area contributed by atoms with Crippen molar-refractivity contribution < 1.29 is 27.0 Å². The van der Waals surface area contributed by atoms with Gasteiger partial charge in [-0.2, -0.15) is 0 Å². The summed E-state index contributed by atoms with van der Waals surface area (Å²) < 4.78 is 59.3. The van der Waals surface area contributed by atoms with Crippen molar-refractivity contribution in [3.8, 4) is 0 Å². The summed E-state index contributed by atoms with van der Waals surface area (Å²) in [7, 11) is 0. The second kappa shape index (κ2) is 2.81. The molecule has 1 aliphatic heterocycles. The zero-order valence-corrected chi connectivity index (χ0v) is 7.24. The minimum absolute atomic E-state index is 0.722. The molecule has 1 heterocycles. The third-order valence-corrected chi connectivity index (χ3v) is 1.96. The summed E-state index contributed by atoms with van der Waals surface area (Å²) in [4.78, 5) is 0. The maximum Gasteiger partial charge on any atom is 0.268 e. The van der Waals surface area contributed by atoms with Crippen molar-refractivity contribution >= 4 is 0 Å². The van der Waals surface area contributed by atoms with E-state index in [0.717, 1.165) is 13.8 Å². The molecule has 1 fully saturated rings. The average molecular weight is 202 g/mol. The van der Waals surface area contributed by atoms with E-state index >= 15 is 0 Å². The summed E-state index contributed by atoms with van der Waals surface area (Å²) in [6, 6.07) is 0. The van der Waals surface area contributed by atoms with E-state index in [4.69, 9.17) is 0 Å². The molecule has 1 saturated heterocycles. The van der Waals surface area contributed by atoms with Gasteiger partial charge in [0.25, 0.3) is 11.7 Å². The second-order valence-electron chi connectivity index (χ2n) is 3.22. The van der Waals surface area contributed by atoms with Crippen LogP contribution in [0.15, 0.2) is 0 Å². The number of hydrogen-bond acceptors (Lipinski definition) is 2. The number of hydrogen-bond donors (Lipinski definition) is 0. The van der Waals surface area contributed by atoms with Crippen LogP contribution in [0.5, 0.6) is 0 Å². The van der Waals surface area contributed by atoms with E-state index in [0.29, 0.717) is 0 Å². The standard InChI is InChI=1S/C7H10F4O2/c1-5(10)6(2,11)13-7(3-8,4-9)12-5/h3-4H2,1-2H3. The second-order valence-corrected chi connectivity index (χ2v) is 3.22. The van der Waals surface area contributed by atoms with E-state index < -0.39 is 30.8 Å². The highest BCUT2D eigenvalue weighted by atomic mass is 19.2. The van der Waals surface area contributed by atoms with Crippen molar-refractivity contribution in [2.24, 2.45) is 0 Å². The first-order chi connectivity index (χ1) is 5.79. The summed E-state index contributed by atoms with van der Waals surface area (Å²) in [5.41, 5.74) is 0. The molecule has 0 aromatic carbocycles. The molecule has 0 amide bonds. The van der Waals surface area contributed by atoms with E-state index in [2.05, 4.69) is 9.47 Å². The van der Waals surface area contributed by atoms with Gasteiger partial charge in [0.1, 0.15) is 13.3 Å². The molecule has 13 heavy (non-hydrogen) atoms. The van der Waals surface area contributed by atoms with Gasteiger partial charge in [0.2, 0.25) is 5.79 Å². The van der Waals surface area contributed by atoms with Crippen LogP contribution in [-0.2, 0) is 9.47 Å². The zero-order valence-electron chi connectivity index (χ0n) is 7.24. The Morgan fingerprint density at radius 1 is 0.923 bits per heavy atom. The number of rotatable bonds is 2. The molecule has 6 heteroatoms. The quantitative estimate of drug-likeness (QED) is 0.638. The highest BCUT2D eigenvalue weighted by Crippen LogP contribution is 2.46. The molecule has 2 atom stereocenters. The highest BCUT2D eigenvalue weighted by molar-refractivity contribution is 4.91. The molecule has 0 bridgehead atoms. The van der Waals surface area contributed by atoms with Crippen molar-refractivity contribution in [2.45, 2.75) is 31.3 Å². The molecule has 0 aliphatic carbocycles. The fourth-order valence-electron chi connectivity index (χ4n) is 1.05. The number of halogens is 4. The lowest BCUT2D eigenvalue weighted by Gasteiger charge is -2.21. The van der Waals surface area contributed by atoms with E-state index in [1.807, 2.05) is 0 Å². The predicted octanol–water partition coefficient (Wildman–Crippen LogP) is 2.04. The monoisotopic (exact) mass is 202 g/mol. The maximum atomic E-state index is 13.2. The van der Waals surface area contributed by atoms with Gasteiger partial charge in [0.15, 0.2) is 0 Å². The topological polar surface area (TPSA) is 18.5 Å². The molecule has 0 N–H and O–H groups in total. The maximum absolute atomic E-state index is 13.2. The molecule has 0 saturated carbocycles. The number of ether oxygens (including phenoxy) is 2. The summed E-state index contributed by atoms with van der Waals surface area (Å²) in [6.45, 7) is -1.44. The highest BCUT2D eigenvalue weighted by Gasteiger charge is 2.64. The van der Waals surface area contributed by atoms with Gasteiger partial charge in [-0.3, -0.25) is 0 Å². The molecule has 0 aromatic heterocycles. The molecule has 0 spiro atoms. The smallest absolute Gasteiger partial charge is 0.268 e. The Balaban J connectivity index is 2.91. The lowest BCUT2D eigenvalue weighted by atomic mass is 10.2. The molecular formula is C7H10F4O2. The van der Waals surface area contributed by atoms with Crippen molar-refractivity contribution in [1.82, 2.24) is 0 Å². The van der Waals surface area contributed by atoms with Crippen LogP contribution in [0.1, 0.15) is 13.8 Å². The van der Waals surface area contributed by atoms with Crippen molar-refractivity contribution in [3.05, 3.63) is 0 Å². The Labute approximate surface area is 72.8 Å². The van der Waals surface area contributed by atoms with Gasteiger partial charge in [-0.1, -0.05) is 0 Å². The minimum atomic E-state index is -2.84. The van der Waals surface area contributed by atoms with Crippen LogP contribution < -0.4 is 0 Å². The average Bonchev–Trinajstić information content (AvgIpc) is 2.19. The summed E-state index contributed by atoms with van der Waals surface area (Å²) in [6.07, 6.45) is 0. The Kier molecular flexibility index (Phi) is 2.32. The van der Waals surface area contributed by atoms with Crippen molar-refractivity contribution in [3.63, 3.8) is 0 Å². The molecular weight excluding hydrogens is 192 g/mol. The van der Waals surface area contributed by atoms with Gasteiger partial charge < -0.3 is 9.47 Å². The van der Waals surface area contributed by atoms with E-state index in [9.17, 15) is 17.6 Å². The minimum Gasteiger partial charge on any atom is -0.303 e. The van der Waals surface area contributed by atoms with Crippen LogP contribution in [-0.4, -0.2) is 30.8 Å². The molecule has 0 radical (unpaired) electrons. The molecule has 2 nitrogen and oxygen atoms in total. The predicted molar refractivity (Wildman–Crippen MR) is 35.9 cm³/mol. The first kappa shape index (κ1) is 10.7. The van der Waals surface area contributed by atoms with Crippen molar-refractivity contribution in [2.75, 3.05) is 13.3 Å². The summed E-state index contributed by atoms with van der Waals surface area (Å²) >= 11 is 0. The van der Waals surface area contributed by atoms with Gasteiger partial charge in [-0.05, 0) is 0 Å². The zero-order chi connectivity index (χ0) is 10.3. The Morgan fingerprint density at radius 3 is 1.38 bits per heavy atom. The normalized spacial score (nSPS) is 43.8. The lowest BCUT2D eigenvalue weighted by molar-refractivity contribution is -0.231. The van der Waals surface area contributed by atoms with Gasteiger partial charge in [-0.15, -0.1) is 0 Å². The van der Waals surface area contributed by atoms with Crippen molar-refractivity contribution in [1.29, 1.82) is 0 Å². The lowest BCUT2D eigenvalue weighted by Crippen LogP contribution is -2.39. The van der Waals surface area contributed by atoms with Gasteiger partial charge in [0.05, 0.1) is 0 Å². The third kappa shape index (κ3) is 1.52. The summed E-state index contributed by atoms with van der Waals surface area (Å²) in [5, 5.41) is 0. The first-order valence-electron chi connectivity index (χ1n) is 3.69. The van der Waals surface area contributed by atoms with Gasteiger partial charge >= 0.3 is 0 Å². The first-order valence-corrected chi connectivity index (χ1v) is 3.69. The van der Waals surface area contributed by atoms with Crippen LogP contribution in [0.3, 0.4) is 0 Å². The Hall–Kier alpha value is -0.360. The fraction of sp³-hybridized carbons (Fsp3) is 1.00. The van der Waals surface area contributed by atoms with Gasteiger partial charge in [0, 0.05) is 13.8 Å². The summed E-state index contributed by atoms with van der Waals surface area (Å²) in [5.74, 6) is -8.12. The van der Waals surface area contributed by atoms with E-state index in [1.54, 1.807) is 0 Å². The molecule has 1 rings (SSSR count). The van der Waals surface area contributed by atoms with Crippen LogP contribution in [0.4, 0.5) is 17.6 Å². The van der Waals surface area contributed by atoms with Crippen LogP contribution in [0, 0.1) is 0 Å². The molecule has 2 unspecified atom stereocenters. The Morgan fingerprint density at radius 2 is 1.23 bits per heavy atom. The van der Waals surface area contributed by atoms with E-state index in [-0.39, 0.29) is 0 Å². The van der Waals surface area contributed by atoms with Crippen LogP contribution >= 0.6 is 0 Å². The number of alkyl halides is 4. The molecule has 78 valence electrons. The third-order valence-electron chi connectivity index (χ3n) is 1.96. The van der Waals surface area contributed by atoms with Crippen LogP contribution in [0.25, 0.3) is 0 Å².